The van der Waals surface area contributed by atoms with Crippen molar-refractivity contribution in [3.8, 4) is 28.7 Å². The third-order valence-corrected chi connectivity index (χ3v) is 15.1. The van der Waals surface area contributed by atoms with Crippen molar-refractivity contribution in [1.82, 2.24) is 21.3 Å². The number of hydrogen-bond donors (Lipinski definition) is 15. The number of nitrogens with two attached hydrogens (primary N) is 5. The fraction of sp³-hybridized carbons (Fsp3) is 0.409. The Labute approximate surface area is 545 Å². The second kappa shape index (κ2) is 38.9. The molecule has 0 aromatic heterocycles. The van der Waals surface area contributed by atoms with Gasteiger partial charge in [0.15, 0.2) is 0 Å². The monoisotopic (exact) mass is 1300 g/mol. The summed E-state index contributed by atoms with van der Waals surface area (Å²) in [6.07, 6.45) is 5.80. The van der Waals surface area contributed by atoms with E-state index in [0.29, 0.717) is 70.0 Å². The number of nitrogens with one attached hydrogen (secondary N) is 8. The summed E-state index contributed by atoms with van der Waals surface area (Å²) in [7, 11) is 5.34. The molecule has 0 saturated carbocycles. The number of phenolic OH excluding ortho intramolecular Hbond substituents is 1. The van der Waals surface area contributed by atoms with Gasteiger partial charge in [0.2, 0.25) is 23.6 Å². The minimum absolute atomic E-state index is 0.0189. The molecular formula is C66H89N13O15. The molecule has 0 heterocycles. The summed E-state index contributed by atoms with van der Waals surface area (Å²) >= 11 is 0. The Morgan fingerprint density at radius 3 is 0.968 bits per heavy atom. The van der Waals surface area contributed by atoms with E-state index >= 15 is 0 Å². The molecule has 5 aromatic rings. The number of benzene rings is 5. The van der Waals surface area contributed by atoms with Gasteiger partial charge >= 0.3 is 5.97 Å². The van der Waals surface area contributed by atoms with Gasteiger partial charge in [-0.25, -0.2) is 4.79 Å². The average molecular weight is 1300 g/mol. The number of ether oxygens (including phenoxy) is 4. The zero-order valence-electron chi connectivity index (χ0n) is 53.4. The van der Waals surface area contributed by atoms with Gasteiger partial charge in [0, 0.05) is 29.2 Å². The van der Waals surface area contributed by atoms with Gasteiger partial charge in [-0.1, -0.05) is 25.0 Å². The number of hydrogen-bond acceptors (Lipinski definition) is 19. The molecule has 0 fully saturated rings. The third-order valence-electron chi connectivity index (χ3n) is 15.1. The zero-order chi connectivity index (χ0) is 68.7. The average Bonchev–Trinajstić information content (AvgIpc) is 1.20. The molecule has 508 valence electrons. The van der Waals surface area contributed by atoms with Crippen LogP contribution in [0, 0.1) is 0 Å². The Kier molecular flexibility index (Phi) is 30.9. The Hall–Kier alpha value is -9.87. The van der Waals surface area contributed by atoms with Crippen LogP contribution in [0.2, 0.25) is 0 Å². The fourth-order valence-electron chi connectivity index (χ4n) is 9.89. The van der Waals surface area contributed by atoms with Gasteiger partial charge in [-0.15, -0.1) is 0 Å². The van der Waals surface area contributed by atoms with Crippen LogP contribution in [0.4, 0.5) is 22.7 Å². The van der Waals surface area contributed by atoms with Crippen molar-refractivity contribution in [2.24, 2.45) is 28.7 Å². The summed E-state index contributed by atoms with van der Waals surface area (Å²) in [5, 5.41) is 41.5. The summed E-state index contributed by atoms with van der Waals surface area (Å²) < 4.78 is 22.0. The van der Waals surface area contributed by atoms with Crippen molar-refractivity contribution >= 4 is 76.0 Å². The number of phenols is 1. The highest BCUT2D eigenvalue weighted by Crippen LogP contribution is 2.29. The molecule has 0 unspecified atom stereocenters. The maximum atomic E-state index is 14.3. The summed E-state index contributed by atoms with van der Waals surface area (Å²) in [5.41, 5.74) is 30.1. The third kappa shape index (κ3) is 23.1. The van der Waals surface area contributed by atoms with Gasteiger partial charge in [-0.3, -0.25) is 38.4 Å². The second-order valence-corrected chi connectivity index (χ2v) is 22.0. The Morgan fingerprint density at radius 1 is 0.383 bits per heavy atom. The molecule has 94 heavy (non-hydrogen) atoms. The van der Waals surface area contributed by atoms with E-state index in [-0.39, 0.29) is 113 Å². The van der Waals surface area contributed by atoms with Crippen LogP contribution in [0.3, 0.4) is 0 Å². The van der Waals surface area contributed by atoms with E-state index in [1.54, 1.807) is 6.07 Å². The molecule has 5 rings (SSSR count). The lowest BCUT2D eigenvalue weighted by Crippen LogP contribution is -2.44. The van der Waals surface area contributed by atoms with Gasteiger partial charge in [0.05, 0.1) is 56.7 Å². The number of aromatic hydroxyl groups is 1. The molecule has 0 aliphatic carbocycles. The van der Waals surface area contributed by atoms with E-state index in [2.05, 4.69) is 42.5 Å². The molecule has 0 radical (unpaired) electrons. The smallest absolute Gasteiger partial charge is 0.326 e. The van der Waals surface area contributed by atoms with Crippen LogP contribution in [0.25, 0.3) is 0 Å². The predicted octanol–water partition coefficient (Wildman–Crippen LogP) is 4.24. The molecule has 0 aliphatic rings. The SMILES string of the molecule is COc1ccc(NC(=O)[C@H](CCCCN)NC(=O)c2cc(NC(=O)[C@H](CCCCN)NC(=O)c3cc(NC(=O)[C@H](CCCCN)NC(=O)c4cc(NC(=O)[C@@H](N)CCCCCN)ccc4OC)ccc3OC)ccc2OC)cc1C(=O)N[C@@H](Cc1ccc(O)cc1)C(=O)O. The highest BCUT2D eigenvalue weighted by Gasteiger charge is 2.30. The number of carbonyl (C=O) groups excluding carboxylic acids is 8. The number of carboxylic acids is 1. The van der Waals surface area contributed by atoms with Gasteiger partial charge in [0.25, 0.3) is 23.6 Å². The molecule has 5 aromatic carbocycles. The normalized spacial score (nSPS) is 12.5. The first-order chi connectivity index (χ1) is 45.2. The molecule has 0 aliphatic heterocycles. The minimum Gasteiger partial charge on any atom is -0.508 e. The van der Waals surface area contributed by atoms with Gasteiger partial charge in [-0.2, -0.15) is 0 Å². The topological polar surface area (TPSA) is 457 Å². The minimum atomic E-state index is -1.39. The van der Waals surface area contributed by atoms with Crippen molar-refractivity contribution in [1.29, 1.82) is 0 Å². The molecule has 5 atom stereocenters. The van der Waals surface area contributed by atoms with E-state index in [4.69, 9.17) is 47.6 Å². The van der Waals surface area contributed by atoms with Crippen LogP contribution in [-0.2, 0) is 30.4 Å². The first-order valence-corrected chi connectivity index (χ1v) is 31.0. The Morgan fingerprint density at radius 2 is 0.670 bits per heavy atom. The Bertz CT molecular complexity index is 3390. The van der Waals surface area contributed by atoms with Gasteiger partial charge < -0.3 is 100 Å². The first-order valence-electron chi connectivity index (χ1n) is 31.0. The summed E-state index contributed by atoms with van der Waals surface area (Å²) in [5.74, 6) is -6.48. The van der Waals surface area contributed by atoms with Crippen molar-refractivity contribution in [3.63, 3.8) is 0 Å². The highest BCUT2D eigenvalue weighted by atomic mass is 16.5. The summed E-state index contributed by atoms with van der Waals surface area (Å²) in [4.78, 5) is 124. The first kappa shape index (κ1) is 74.9. The fourth-order valence-corrected chi connectivity index (χ4v) is 9.89. The number of methoxy groups -OCH3 is 4. The molecule has 8 amide bonds. The standard InChI is InChI=1S/C66H89N13O15/c1-91-54-26-20-40(72-62(85)49(71)14-6-5-10-30-67)35-45(54)58(81)76-50(15-7-11-31-68)63(86)73-41-21-27-55(92-2)46(36-41)59(82)77-51(16-8-12-32-69)64(87)74-42-22-28-56(93-3)47(37-42)60(83)78-52(17-9-13-33-70)65(88)75-43-23-29-57(94-4)48(38-43)61(84)79-53(66(89)90)34-39-18-24-44(80)25-19-39/h18-29,35-38,49-53,80H,5-17,30-34,67-71H2,1-4H3,(H,72,85)(H,73,86)(H,74,87)(H,75,88)(H,76,81)(H,77,82)(H,78,83)(H,79,84)(H,89,90)/t49-,50-,51-,52-,53-/m0/s1. The van der Waals surface area contributed by atoms with Crippen molar-refractivity contribution < 1.29 is 72.3 Å². The second-order valence-electron chi connectivity index (χ2n) is 22.0. The number of anilines is 4. The van der Waals surface area contributed by atoms with E-state index in [9.17, 15) is 53.4 Å². The van der Waals surface area contributed by atoms with Crippen LogP contribution in [0.15, 0.2) is 97.1 Å². The predicted molar refractivity (Wildman–Crippen MR) is 355 cm³/mol. The number of carboxylic acid groups (broad SMARTS) is 1. The Balaban J connectivity index is 1.32. The van der Waals surface area contributed by atoms with E-state index in [0.717, 1.165) is 12.8 Å². The van der Waals surface area contributed by atoms with E-state index in [1.807, 2.05) is 0 Å². The number of amides is 8. The maximum absolute atomic E-state index is 14.3. The van der Waals surface area contributed by atoms with Crippen molar-refractivity contribution in [2.75, 3.05) is 75.9 Å². The maximum Gasteiger partial charge on any atom is 0.326 e. The van der Waals surface area contributed by atoms with Gasteiger partial charge in [0.1, 0.15) is 52.9 Å². The number of aliphatic carboxylic acids is 1. The van der Waals surface area contributed by atoms with Crippen LogP contribution < -0.4 is 90.2 Å². The molecule has 28 nitrogen and oxygen atoms in total. The van der Waals surface area contributed by atoms with Crippen LogP contribution in [0.1, 0.15) is 130 Å². The number of carbonyl (C=O) groups is 9. The molecule has 0 saturated heterocycles. The summed E-state index contributed by atoms with van der Waals surface area (Å²) in [6.45, 7) is 1.43. The lowest BCUT2D eigenvalue weighted by Gasteiger charge is -2.22. The molecular weight excluding hydrogens is 1210 g/mol. The highest BCUT2D eigenvalue weighted by molar-refractivity contribution is 6.08. The quantitative estimate of drug-likeness (QED) is 0.0244. The van der Waals surface area contributed by atoms with E-state index in [1.165, 1.54) is 119 Å². The van der Waals surface area contributed by atoms with Gasteiger partial charge in [-0.05, 0) is 187 Å². The largest absolute Gasteiger partial charge is 0.508 e. The lowest BCUT2D eigenvalue weighted by molar-refractivity contribution is -0.139. The van der Waals surface area contributed by atoms with Crippen LogP contribution in [0.5, 0.6) is 28.7 Å². The van der Waals surface area contributed by atoms with Crippen LogP contribution >= 0.6 is 0 Å². The van der Waals surface area contributed by atoms with Crippen molar-refractivity contribution in [2.45, 2.75) is 120 Å². The lowest BCUT2D eigenvalue weighted by atomic mass is 10.0. The number of unbranched alkanes of at least 4 members (excludes halogenated alkanes) is 5. The number of rotatable bonds is 40. The van der Waals surface area contributed by atoms with E-state index < -0.39 is 83.4 Å². The summed E-state index contributed by atoms with van der Waals surface area (Å²) in [6, 6.07) is 17.3. The molecule has 0 spiro atoms. The van der Waals surface area contributed by atoms with Crippen LogP contribution in [-0.4, -0.2) is 148 Å². The molecule has 0 bridgehead atoms. The molecule has 20 N–H and O–H groups in total. The molecule has 28 heteroatoms. The zero-order valence-corrected chi connectivity index (χ0v) is 53.4. The van der Waals surface area contributed by atoms with Crippen molar-refractivity contribution in [3.05, 3.63) is 125 Å².